The Kier molecular flexibility index (Phi) is 7.33. The first-order valence-corrected chi connectivity index (χ1v) is 9.40. The number of carbonyl (C=O) groups excluding carboxylic acids is 1. The molecule has 1 N–H and O–H groups in total. The Hall–Kier alpha value is -2.21. The largest absolute Gasteiger partial charge is 0.493 e. The smallest absolute Gasteiger partial charge is 0.230 e. The fourth-order valence-electron chi connectivity index (χ4n) is 2.38. The van der Waals surface area contributed by atoms with Crippen molar-refractivity contribution >= 4 is 17.7 Å². The zero-order valence-corrected chi connectivity index (χ0v) is 16.2. The zero-order valence-electron chi connectivity index (χ0n) is 15.4. The van der Waals surface area contributed by atoms with Crippen LogP contribution in [0.2, 0.25) is 0 Å². The Labute approximate surface area is 158 Å². The summed E-state index contributed by atoms with van der Waals surface area (Å²) in [7, 11) is 1.58. The quantitative estimate of drug-likeness (QED) is 0.684. The van der Waals surface area contributed by atoms with E-state index in [1.54, 1.807) is 25.3 Å². The highest BCUT2D eigenvalue weighted by Crippen LogP contribution is 2.31. The van der Waals surface area contributed by atoms with Crippen LogP contribution in [0.15, 0.2) is 47.4 Å². The SMILES string of the molecule is COc1cc(C(C)NC(=O)CSc2ccccc2F)ccc1OC(C)C. The lowest BCUT2D eigenvalue weighted by Gasteiger charge is -2.18. The third-order valence-electron chi connectivity index (χ3n) is 3.62. The molecule has 0 aliphatic rings. The van der Waals surface area contributed by atoms with Crippen LogP contribution in [0, 0.1) is 5.82 Å². The van der Waals surface area contributed by atoms with Crippen molar-refractivity contribution in [1.82, 2.24) is 5.32 Å². The van der Waals surface area contributed by atoms with Crippen molar-refractivity contribution in [3.8, 4) is 11.5 Å². The summed E-state index contributed by atoms with van der Waals surface area (Å²) in [6.07, 6.45) is 0.0438. The van der Waals surface area contributed by atoms with E-state index in [0.717, 1.165) is 5.56 Å². The van der Waals surface area contributed by atoms with E-state index < -0.39 is 0 Å². The minimum Gasteiger partial charge on any atom is -0.493 e. The van der Waals surface area contributed by atoms with Crippen LogP contribution in [-0.4, -0.2) is 24.9 Å². The molecular formula is C20H24FNO3S. The number of thioether (sulfide) groups is 1. The maximum atomic E-state index is 13.6. The van der Waals surface area contributed by atoms with Gasteiger partial charge in [0.15, 0.2) is 11.5 Å². The lowest BCUT2D eigenvalue weighted by Crippen LogP contribution is -2.28. The molecule has 0 bridgehead atoms. The van der Waals surface area contributed by atoms with Gasteiger partial charge in [-0.2, -0.15) is 0 Å². The van der Waals surface area contributed by atoms with Gasteiger partial charge >= 0.3 is 0 Å². The summed E-state index contributed by atoms with van der Waals surface area (Å²) in [5, 5.41) is 2.92. The van der Waals surface area contributed by atoms with Crippen LogP contribution in [0.3, 0.4) is 0 Å². The molecular weight excluding hydrogens is 353 g/mol. The second-order valence-electron chi connectivity index (χ2n) is 6.09. The van der Waals surface area contributed by atoms with E-state index in [9.17, 15) is 9.18 Å². The maximum absolute atomic E-state index is 13.6. The molecule has 0 aromatic heterocycles. The standard InChI is InChI=1S/C20H24FNO3S/c1-13(2)25-17-10-9-15(11-18(17)24-4)14(3)22-20(23)12-26-19-8-6-5-7-16(19)21/h5-11,13-14H,12H2,1-4H3,(H,22,23). The Morgan fingerprint density at radius 2 is 1.88 bits per heavy atom. The number of benzene rings is 2. The molecule has 0 heterocycles. The molecule has 0 spiro atoms. The van der Waals surface area contributed by atoms with Crippen molar-refractivity contribution in [1.29, 1.82) is 0 Å². The number of nitrogens with one attached hydrogen (secondary N) is 1. The summed E-state index contributed by atoms with van der Waals surface area (Å²) in [5.41, 5.74) is 0.905. The zero-order chi connectivity index (χ0) is 19.1. The summed E-state index contributed by atoms with van der Waals surface area (Å²) in [4.78, 5) is 12.6. The summed E-state index contributed by atoms with van der Waals surface area (Å²) in [6.45, 7) is 5.79. The van der Waals surface area contributed by atoms with Crippen LogP contribution in [0.25, 0.3) is 0 Å². The van der Waals surface area contributed by atoms with Crippen molar-refractivity contribution in [2.75, 3.05) is 12.9 Å². The fourth-order valence-corrected chi connectivity index (χ4v) is 3.13. The van der Waals surface area contributed by atoms with E-state index in [-0.39, 0.29) is 29.6 Å². The van der Waals surface area contributed by atoms with E-state index >= 15 is 0 Å². The summed E-state index contributed by atoms with van der Waals surface area (Å²) >= 11 is 1.18. The van der Waals surface area contributed by atoms with Gasteiger partial charge in [-0.3, -0.25) is 4.79 Å². The van der Waals surface area contributed by atoms with E-state index in [1.807, 2.05) is 39.0 Å². The number of hydrogen-bond acceptors (Lipinski definition) is 4. The molecule has 6 heteroatoms. The van der Waals surface area contributed by atoms with Crippen LogP contribution >= 0.6 is 11.8 Å². The van der Waals surface area contributed by atoms with Crippen LogP contribution in [-0.2, 0) is 4.79 Å². The third kappa shape index (κ3) is 5.66. The highest BCUT2D eigenvalue weighted by Gasteiger charge is 2.14. The first-order chi connectivity index (χ1) is 12.4. The highest BCUT2D eigenvalue weighted by atomic mass is 32.2. The molecule has 0 aliphatic carbocycles. The molecule has 1 atom stereocenters. The monoisotopic (exact) mass is 377 g/mol. The number of ether oxygens (including phenoxy) is 2. The number of hydrogen-bond donors (Lipinski definition) is 1. The lowest BCUT2D eigenvalue weighted by atomic mass is 10.1. The summed E-state index contributed by atoms with van der Waals surface area (Å²) in [6, 6.07) is 11.8. The predicted molar refractivity (Wildman–Crippen MR) is 102 cm³/mol. The number of amides is 1. The average molecular weight is 377 g/mol. The van der Waals surface area contributed by atoms with Crippen LogP contribution in [0.4, 0.5) is 4.39 Å². The molecule has 0 aliphatic heterocycles. The van der Waals surface area contributed by atoms with Gasteiger partial charge in [0.1, 0.15) is 5.82 Å². The van der Waals surface area contributed by atoms with Gasteiger partial charge in [0, 0.05) is 4.90 Å². The number of halogens is 1. The molecule has 1 unspecified atom stereocenters. The molecule has 0 saturated carbocycles. The molecule has 26 heavy (non-hydrogen) atoms. The van der Waals surface area contributed by atoms with E-state index in [2.05, 4.69) is 5.32 Å². The Balaban J connectivity index is 1.97. The Bertz CT molecular complexity index is 752. The Morgan fingerprint density at radius 1 is 1.15 bits per heavy atom. The molecule has 2 aromatic rings. The summed E-state index contributed by atoms with van der Waals surface area (Å²) in [5.74, 6) is 0.964. The fraction of sp³-hybridized carbons (Fsp3) is 0.350. The normalized spacial score (nSPS) is 11.9. The molecule has 2 rings (SSSR count). The van der Waals surface area contributed by atoms with Crippen molar-refractivity contribution in [3.63, 3.8) is 0 Å². The number of rotatable bonds is 8. The van der Waals surface area contributed by atoms with Crippen LogP contribution < -0.4 is 14.8 Å². The topological polar surface area (TPSA) is 47.6 Å². The van der Waals surface area contributed by atoms with E-state index in [0.29, 0.717) is 16.4 Å². The minimum absolute atomic E-state index is 0.0438. The molecule has 140 valence electrons. The van der Waals surface area contributed by atoms with Crippen molar-refractivity contribution in [3.05, 3.63) is 53.8 Å². The molecule has 4 nitrogen and oxygen atoms in total. The molecule has 2 aromatic carbocycles. The predicted octanol–water partition coefficient (Wildman–Crippen LogP) is 4.59. The van der Waals surface area contributed by atoms with E-state index in [1.165, 1.54) is 17.8 Å². The molecule has 1 amide bonds. The maximum Gasteiger partial charge on any atom is 0.230 e. The van der Waals surface area contributed by atoms with E-state index in [4.69, 9.17) is 9.47 Å². The van der Waals surface area contributed by atoms with Crippen molar-refractivity contribution in [2.24, 2.45) is 0 Å². The average Bonchev–Trinajstić information content (AvgIpc) is 2.60. The molecule has 0 fully saturated rings. The van der Waals surface area contributed by atoms with Gasteiger partial charge in [-0.05, 0) is 50.6 Å². The first kappa shape index (κ1) is 20.1. The van der Waals surface area contributed by atoms with Crippen molar-refractivity contribution in [2.45, 2.75) is 37.8 Å². The van der Waals surface area contributed by atoms with Crippen LogP contribution in [0.5, 0.6) is 11.5 Å². The third-order valence-corrected chi connectivity index (χ3v) is 4.67. The van der Waals surface area contributed by atoms with Gasteiger partial charge in [0.05, 0.1) is 25.0 Å². The van der Waals surface area contributed by atoms with Gasteiger partial charge in [-0.15, -0.1) is 11.8 Å². The lowest BCUT2D eigenvalue weighted by molar-refractivity contribution is -0.119. The van der Waals surface area contributed by atoms with Gasteiger partial charge in [0.2, 0.25) is 5.91 Å². The summed E-state index contributed by atoms with van der Waals surface area (Å²) < 4.78 is 24.7. The number of carbonyl (C=O) groups is 1. The number of methoxy groups -OCH3 is 1. The van der Waals surface area contributed by atoms with Gasteiger partial charge in [-0.25, -0.2) is 4.39 Å². The highest BCUT2D eigenvalue weighted by molar-refractivity contribution is 8.00. The first-order valence-electron chi connectivity index (χ1n) is 8.42. The van der Waals surface area contributed by atoms with Crippen molar-refractivity contribution < 1.29 is 18.7 Å². The van der Waals surface area contributed by atoms with Crippen LogP contribution in [0.1, 0.15) is 32.4 Å². The Morgan fingerprint density at radius 3 is 2.54 bits per heavy atom. The molecule has 0 saturated heterocycles. The second-order valence-corrected chi connectivity index (χ2v) is 7.10. The van der Waals surface area contributed by atoms with Gasteiger partial charge in [0.25, 0.3) is 0 Å². The van der Waals surface area contributed by atoms with Gasteiger partial charge in [-0.1, -0.05) is 18.2 Å². The second kappa shape index (κ2) is 9.48. The molecule has 0 radical (unpaired) electrons. The minimum atomic E-state index is -0.316. The van der Waals surface area contributed by atoms with Gasteiger partial charge < -0.3 is 14.8 Å².